The van der Waals surface area contributed by atoms with E-state index in [-0.39, 0.29) is 11.6 Å². The van der Waals surface area contributed by atoms with Gasteiger partial charge in [0.05, 0.1) is 17.1 Å². The topological polar surface area (TPSA) is 99.9 Å². The first kappa shape index (κ1) is 15.7. The maximum atomic E-state index is 10.8. The Hall–Kier alpha value is -2.70. The lowest BCUT2D eigenvalue weighted by Crippen LogP contribution is -2.43. The Balaban J connectivity index is 2.55. The van der Waals surface area contributed by atoms with Crippen LogP contribution in [-0.4, -0.2) is 18.1 Å². The van der Waals surface area contributed by atoms with Gasteiger partial charge in [-0.1, -0.05) is 31.2 Å². The molecule has 22 heavy (non-hydrogen) atoms. The molecule has 0 N–H and O–H groups in total. The number of benzene rings is 1. The SMILES string of the molecule is CO[C@@H]1C=C[C@H](C)[C@@H](c2ccc([N+](=O)[O-])cc2)C1(C#N)C#N. The largest absolute Gasteiger partial charge is 0.375 e. The number of hydrogen-bond acceptors (Lipinski definition) is 5. The molecule has 0 radical (unpaired) electrons. The quantitative estimate of drug-likeness (QED) is 0.485. The highest BCUT2D eigenvalue weighted by Crippen LogP contribution is 2.48. The summed E-state index contributed by atoms with van der Waals surface area (Å²) >= 11 is 0. The van der Waals surface area contributed by atoms with E-state index in [2.05, 4.69) is 12.1 Å². The third-order valence-corrected chi connectivity index (χ3v) is 4.14. The molecule has 0 saturated heterocycles. The number of non-ortho nitro benzene ring substituents is 1. The Morgan fingerprint density at radius 3 is 2.27 bits per heavy atom. The second-order valence-electron chi connectivity index (χ2n) is 5.32. The fourth-order valence-corrected chi connectivity index (χ4v) is 3.06. The zero-order valence-electron chi connectivity index (χ0n) is 12.3. The van der Waals surface area contributed by atoms with Gasteiger partial charge in [-0.3, -0.25) is 10.1 Å². The molecule has 0 unspecified atom stereocenters. The van der Waals surface area contributed by atoms with Gasteiger partial charge in [-0.15, -0.1) is 0 Å². The Labute approximate surface area is 128 Å². The lowest BCUT2D eigenvalue weighted by molar-refractivity contribution is -0.384. The Morgan fingerprint density at radius 2 is 1.82 bits per heavy atom. The number of hydrogen-bond donors (Lipinski definition) is 0. The smallest absolute Gasteiger partial charge is 0.269 e. The second-order valence-corrected chi connectivity index (χ2v) is 5.32. The zero-order valence-corrected chi connectivity index (χ0v) is 12.3. The standard InChI is InChI=1S/C16H15N3O3/c1-11-3-8-14(22-2)16(9-17,10-18)15(11)12-4-6-13(7-5-12)19(20)21/h3-8,11,14-15H,1-2H3/t11-,14+,15-/m0/s1. The second kappa shape index (κ2) is 5.97. The van der Waals surface area contributed by atoms with Crippen molar-refractivity contribution in [1.82, 2.24) is 0 Å². The Kier molecular flexibility index (Phi) is 4.25. The van der Waals surface area contributed by atoms with Crippen LogP contribution in [0.4, 0.5) is 5.69 Å². The van der Waals surface area contributed by atoms with Gasteiger partial charge in [0, 0.05) is 25.2 Å². The van der Waals surface area contributed by atoms with Gasteiger partial charge in [0.1, 0.15) is 6.10 Å². The van der Waals surface area contributed by atoms with E-state index >= 15 is 0 Å². The van der Waals surface area contributed by atoms with Crippen LogP contribution in [0.1, 0.15) is 18.4 Å². The molecule has 1 aromatic rings. The number of ether oxygens (including phenoxy) is 1. The molecule has 1 aliphatic rings. The molecule has 1 aliphatic carbocycles. The average Bonchev–Trinajstić information content (AvgIpc) is 2.54. The van der Waals surface area contributed by atoms with Crippen LogP contribution in [0.15, 0.2) is 36.4 Å². The van der Waals surface area contributed by atoms with Gasteiger partial charge < -0.3 is 4.74 Å². The van der Waals surface area contributed by atoms with E-state index < -0.39 is 22.4 Å². The lowest BCUT2D eigenvalue weighted by atomic mass is 9.62. The molecule has 6 nitrogen and oxygen atoms in total. The first-order valence-electron chi connectivity index (χ1n) is 6.78. The van der Waals surface area contributed by atoms with Crippen LogP contribution < -0.4 is 0 Å². The van der Waals surface area contributed by atoms with Gasteiger partial charge in [0.25, 0.3) is 5.69 Å². The number of rotatable bonds is 3. The van der Waals surface area contributed by atoms with Crippen molar-refractivity contribution < 1.29 is 9.66 Å². The first-order valence-corrected chi connectivity index (χ1v) is 6.78. The summed E-state index contributed by atoms with van der Waals surface area (Å²) in [6.07, 6.45) is 3.01. The first-order chi connectivity index (χ1) is 10.5. The van der Waals surface area contributed by atoms with Crippen molar-refractivity contribution in [2.24, 2.45) is 11.3 Å². The van der Waals surface area contributed by atoms with Crippen LogP contribution >= 0.6 is 0 Å². The number of nitro groups is 1. The average molecular weight is 297 g/mol. The summed E-state index contributed by atoms with van der Waals surface area (Å²) in [6, 6.07) is 10.2. The van der Waals surface area contributed by atoms with Crippen LogP contribution in [-0.2, 0) is 4.74 Å². The van der Waals surface area contributed by atoms with Crippen molar-refractivity contribution in [3.05, 3.63) is 52.1 Å². The van der Waals surface area contributed by atoms with Crippen molar-refractivity contribution in [3.63, 3.8) is 0 Å². The summed E-state index contributed by atoms with van der Waals surface area (Å²) in [5.74, 6) is -0.481. The number of methoxy groups -OCH3 is 1. The summed E-state index contributed by atoms with van der Waals surface area (Å²) in [5.41, 5.74) is -0.669. The maximum absolute atomic E-state index is 10.8. The molecule has 0 bridgehead atoms. The monoisotopic (exact) mass is 297 g/mol. The molecule has 3 atom stereocenters. The number of nitro benzene ring substituents is 1. The number of nitriles is 2. The van der Waals surface area contributed by atoms with Crippen molar-refractivity contribution in [1.29, 1.82) is 10.5 Å². The minimum absolute atomic E-state index is 0.0226. The third-order valence-electron chi connectivity index (χ3n) is 4.14. The predicted molar refractivity (Wildman–Crippen MR) is 78.6 cm³/mol. The van der Waals surface area contributed by atoms with Gasteiger partial charge in [-0.25, -0.2) is 0 Å². The van der Waals surface area contributed by atoms with E-state index in [0.29, 0.717) is 5.56 Å². The van der Waals surface area contributed by atoms with Gasteiger partial charge in [0.15, 0.2) is 5.41 Å². The number of nitrogens with zero attached hydrogens (tertiary/aromatic N) is 3. The summed E-state index contributed by atoms with van der Waals surface area (Å²) in [7, 11) is 1.46. The van der Waals surface area contributed by atoms with E-state index in [9.17, 15) is 20.6 Å². The van der Waals surface area contributed by atoms with Crippen LogP contribution in [0, 0.1) is 44.1 Å². The molecule has 0 aliphatic heterocycles. The highest BCUT2D eigenvalue weighted by Gasteiger charge is 2.51. The fourth-order valence-electron chi connectivity index (χ4n) is 3.06. The summed E-state index contributed by atoms with van der Waals surface area (Å²) in [6.45, 7) is 1.91. The molecular formula is C16H15N3O3. The van der Waals surface area contributed by atoms with Crippen LogP contribution in [0.2, 0.25) is 0 Å². The molecule has 0 saturated carbocycles. The highest BCUT2D eigenvalue weighted by molar-refractivity contribution is 5.42. The molecule has 1 aromatic carbocycles. The molecule has 2 rings (SSSR count). The Bertz CT molecular complexity index is 668. The van der Waals surface area contributed by atoms with Crippen molar-refractivity contribution >= 4 is 5.69 Å². The zero-order chi connectivity index (χ0) is 16.3. The minimum atomic E-state index is -1.36. The maximum Gasteiger partial charge on any atom is 0.269 e. The summed E-state index contributed by atoms with van der Waals surface area (Å²) in [4.78, 5) is 10.3. The van der Waals surface area contributed by atoms with Crippen molar-refractivity contribution in [2.75, 3.05) is 7.11 Å². The van der Waals surface area contributed by atoms with E-state index in [1.54, 1.807) is 18.2 Å². The molecule has 0 heterocycles. The molecule has 0 spiro atoms. The van der Waals surface area contributed by atoms with Crippen molar-refractivity contribution in [3.8, 4) is 12.1 Å². The van der Waals surface area contributed by atoms with Gasteiger partial charge in [0.2, 0.25) is 0 Å². The van der Waals surface area contributed by atoms with Crippen LogP contribution in [0.5, 0.6) is 0 Å². The predicted octanol–water partition coefficient (Wildman–Crippen LogP) is 2.93. The summed E-state index contributed by atoms with van der Waals surface area (Å²) in [5, 5.41) is 30.0. The van der Waals surface area contributed by atoms with E-state index in [0.717, 1.165) is 0 Å². The van der Waals surface area contributed by atoms with Gasteiger partial charge in [-0.05, 0) is 11.5 Å². The van der Waals surface area contributed by atoms with E-state index in [4.69, 9.17) is 4.74 Å². The van der Waals surface area contributed by atoms with Gasteiger partial charge >= 0.3 is 0 Å². The molecular weight excluding hydrogens is 282 g/mol. The lowest BCUT2D eigenvalue weighted by Gasteiger charge is -2.39. The normalized spacial score (nSPS) is 25.9. The van der Waals surface area contributed by atoms with E-state index in [1.807, 2.05) is 13.0 Å². The molecule has 0 fully saturated rings. The third kappa shape index (κ3) is 2.34. The van der Waals surface area contributed by atoms with Crippen LogP contribution in [0.25, 0.3) is 0 Å². The number of allylic oxidation sites excluding steroid dienone is 1. The highest BCUT2D eigenvalue weighted by atomic mass is 16.6. The van der Waals surface area contributed by atoms with Gasteiger partial charge in [-0.2, -0.15) is 10.5 Å². The Morgan fingerprint density at radius 1 is 1.23 bits per heavy atom. The minimum Gasteiger partial charge on any atom is -0.375 e. The van der Waals surface area contributed by atoms with Crippen molar-refractivity contribution in [2.45, 2.75) is 18.9 Å². The fraction of sp³-hybridized carbons (Fsp3) is 0.375. The molecule has 0 aromatic heterocycles. The molecule has 6 heteroatoms. The molecule has 0 amide bonds. The molecule has 112 valence electrons. The van der Waals surface area contributed by atoms with Crippen LogP contribution in [0.3, 0.4) is 0 Å². The summed E-state index contributed by atoms with van der Waals surface area (Å²) < 4.78 is 5.31. The van der Waals surface area contributed by atoms with E-state index in [1.165, 1.54) is 19.2 Å².